The van der Waals surface area contributed by atoms with E-state index in [1.807, 2.05) is 47.0 Å². The first-order valence-electron chi connectivity index (χ1n) is 8.25. The molecule has 1 aromatic heterocycles. The summed E-state index contributed by atoms with van der Waals surface area (Å²) in [6.45, 7) is 0.258. The fourth-order valence-corrected chi connectivity index (χ4v) is 3.38. The number of para-hydroxylation sites is 1. The second kappa shape index (κ2) is 6.77. The molecule has 0 saturated carbocycles. The Balaban J connectivity index is 1.84. The van der Waals surface area contributed by atoms with Gasteiger partial charge in [0.25, 0.3) is 0 Å². The molecule has 3 aromatic carbocycles. The molecule has 26 heavy (non-hydrogen) atoms. The lowest BCUT2D eigenvalue weighted by molar-refractivity contribution is 0.104. The van der Waals surface area contributed by atoms with Crippen molar-refractivity contribution in [3.63, 3.8) is 0 Å². The molecule has 0 aliphatic carbocycles. The van der Waals surface area contributed by atoms with E-state index >= 15 is 0 Å². The minimum atomic E-state index is -0.355. The summed E-state index contributed by atoms with van der Waals surface area (Å²) < 4.78 is 16.1. The molecule has 4 heteroatoms. The SMILES string of the molecule is O=C(c1ccccc1)c1cn(Cc2c(F)cccc2Cl)c2ccccc12. The number of hydrogen-bond donors (Lipinski definition) is 0. The van der Waals surface area contributed by atoms with E-state index in [9.17, 15) is 9.18 Å². The van der Waals surface area contributed by atoms with Crippen molar-refractivity contribution in [1.82, 2.24) is 4.57 Å². The Morgan fingerprint density at radius 2 is 1.65 bits per heavy atom. The molecule has 0 bridgehead atoms. The van der Waals surface area contributed by atoms with E-state index < -0.39 is 0 Å². The predicted octanol–water partition coefficient (Wildman–Crippen LogP) is 5.71. The minimum Gasteiger partial charge on any atom is -0.342 e. The molecule has 0 radical (unpaired) electrons. The summed E-state index contributed by atoms with van der Waals surface area (Å²) in [6, 6.07) is 21.4. The van der Waals surface area contributed by atoms with Crippen molar-refractivity contribution in [2.24, 2.45) is 0 Å². The third-order valence-corrected chi connectivity index (χ3v) is 4.81. The first kappa shape index (κ1) is 16.6. The zero-order chi connectivity index (χ0) is 18.1. The molecule has 2 nitrogen and oxygen atoms in total. The molecule has 4 rings (SSSR count). The van der Waals surface area contributed by atoms with Crippen LogP contribution in [0.25, 0.3) is 10.9 Å². The van der Waals surface area contributed by atoms with Crippen molar-refractivity contribution in [3.05, 3.63) is 107 Å². The summed E-state index contributed by atoms with van der Waals surface area (Å²) in [7, 11) is 0. The average molecular weight is 364 g/mol. The van der Waals surface area contributed by atoms with Gasteiger partial charge in [-0.25, -0.2) is 4.39 Å². The van der Waals surface area contributed by atoms with E-state index in [0.29, 0.717) is 21.7 Å². The molecule has 1 heterocycles. The largest absolute Gasteiger partial charge is 0.342 e. The van der Waals surface area contributed by atoms with Gasteiger partial charge in [-0.15, -0.1) is 0 Å². The van der Waals surface area contributed by atoms with Gasteiger partial charge in [0.05, 0.1) is 6.54 Å². The fourth-order valence-electron chi connectivity index (χ4n) is 3.16. The highest BCUT2D eigenvalue weighted by Gasteiger charge is 2.17. The Morgan fingerprint density at radius 3 is 2.42 bits per heavy atom. The van der Waals surface area contributed by atoms with Gasteiger partial charge in [-0.05, 0) is 18.2 Å². The Labute approximate surface area is 155 Å². The van der Waals surface area contributed by atoms with Gasteiger partial charge in [-0.2, -0.15) is 0 Å². The number of nitrogens with zero attached hydrogens (tertiary/aromatic N) is 1. The fraction of sp³-hybridized carbons (Fsp3) is 0.0455. The van der Waals surface area contributed by atoms with Crippen molar-refractivity contribution in [3.8, 4) is 0 Å². The molecular weight excluding hydrogens is 349 g/mol. The molecule has 0 N–H and O–H groups in total. The van der Waals surface area contributed by atoms with Crippen molar-refractivity contribution >= 4 is 28.3 Å². The summed E-state index contributed by atoms with van der Waals surface area (Å²) in [5.41, 5.74) is 2.50. The number of fused-ring (bicyclic) bond motifs is 1. The van der Waals surface area contributed by atoms with Crippen LogP contribution in [0.3, 0.4) is 0 Å². The first-order valence-corrected chi connectivity index (χ1v) is 8.63. The smallest absolute Gasteiger partial charge is 0.195 e. The second-order valence-corrected chi connectivity index (χ2v) is 6.49. The number of benzene rings is 3. The topological polar surface area (TPSA) is 22.0 Å². The van der Waals surface area contributed by atoms with Crippen LogP contribution in [0.5, 0.6) is 0 Å². The molecule has 128 valence electrons. The normalized spacial score (nSPS) is 11.0. The van der Waals surface area contributed by atoms with E-state index in [4.69, 9.17) is 11.6 Å². The summed E-state index contributed by atoms with van der Waals surface area (Å²) in [5, 5.41) is 1.22. The average Bonchev–Trinajstić information content (AvgIpc) is 3.04. The standard InChI is InChI=1S/C22H15ClFNO/c23-19-10-6-11-20(24)18(19)14-25-13-17(16-9-4-5-12-21(16)25)22(26)15-7-2-1-3-8-15/h1-13H,14H2. The van der Waals surface area contributed by atoms with Crippen LogP contribution in [0, 0.1) is 5.82 Å². The lowest BCUT2D eigenvalue weighted by Gasteiger charge is -2.08. The highest BCUT2D eigenvalue weighted by atomic mass is 35.5. The van der Waals surface area contributed by atoms with Gasteiger partial charge in [0.15, 0.2) is 5.78 Å². The number of carbonyl (C=O) groups is 1. The van der Waals surface area contributed by atoms with Gasteiger partial charge in [0, 0.05) is 38.8 Å². The molecule has 0 amide bonds. The summed E-state index contributed by atoms with van der Waals surface area (Å²) >= 11 is 6.18. The number of carbonyl (C=O) groups excluding carboxylic acids is 1. The van der Waals surface area contributed by atoms with Crippen molar-refractivity contribution < 1.29 is 9.18 Å². The highest BCUT2D eigenvalue weighted by Crippen LogP contribution is 2.27. The van der Waals surface area contributed by atoms with E-state index in [0.717, 1.165) is 10.9 Å². The molecule has 0 fully saturated rings. The molecule has 0 aliphatic rings. The molecule has 0 atom stereocenters. The zero-order valence-electron chi connectivity index (χ0n) is 13.8. The molecule has 0 unspecified atom stereocenters. The monoisotopic (exact) mass is 363 g/mol. The Hall–Kier alpha value is -2.91. The Kier molecular flexibility index (Phi) is 4.31. The van der Waals surface area contributed by atoms with E-state index in [-0.39, 0.29) is 18.1 Å². The number of hydrogen-bond acceptors (Lipinski definition) is 1. The quantitative estimate of drug-likeness (QED) is 0.425. The third-order valence-electron chi connectivity index (χ3n) is 4.46. The van der Waals surface area contributed by atoms with Crippen LogP contribution in [0.15, 0.2) is 79.0 Å². The maximum atomic E-state index is 14.2. The third kappa shape index (κ3) is 2.91. The second-order valence-electron chi connectivity index (χ2n) is 6.08. The Morgan fingerprint density at radius 1 is 0.923 bits per heavy atom. The van der Waals surface area contributed by atoms with Gasteiger partial charge in [0.1, 0.15) is 5.82 Å². The van der Waals surface area contributed by atoms with Crippen molar-refractivity contribution in [1.29, 1.82) is 0 Å². The molecule has 0 aliphatic heterocycles. The van der Waals surface area contributed by atoms with Crippen LogP contribution in [0.4, 0.5) is 4.39 Å². The maximum Gasteiger partial charge on any atom is 0.195 e. The first-order chi connectivity index (χ1) is 12.6. The lowest BCUT2D eigenvalue weighted by atomic mass is 10.0. The van der Waals surface area contributed by atoms with Crippen molar-refractivity contribution in [2.45, 2.75) is 6.54 Å². The number of halogens is 2. The number of rotatable bonds is 4. The Bertz CT molecular complexity index is 1080. The molecule has 0 saturated heterocycles. The number of aromatic nitrogens is 1. The summed E-state index contributed by atoms with van der Waals surface area (Å²) in [5.74, 6) is -0.411. The van der Waals surface area contributed by atoms with Crippen LogP contribution in [-0.2, 0) is 6.54 Å². The predicted molar refractivity (Wildman–Crippen MR) is 102 cm³/mol. The van der Waals surface area contributed by atoms with E-state index in [2.05, 4.69) is 0 Å². The van der Waals surface area contributed by atoms with Crippen LogP contribution in [-0.4, -0.2) is 10.4 Å². The van der Waals surface area contributed by atoms with Crippen molar-refractivity contribution in [2.75, 3.05) is 0 Å². The maximum absolute atomic E-state index is 14.2. The van der Waals surface area contributed by atoms with Crippen LogP contribution in [0.2, 0.25) is 5.02 Å². The van der Waals surface area contributed by atoms with E-state index in [1.54, 1.807) is 30.5 Å². The summed E-state index contributed by atoms with van der Waals surface area (Å²) in [4.78, 5) is 12.9. The summed E-state index contributed by atoms with van der Waals surface area (Å²) in [6.07, 6.45) is 1.78. The zero-order valence-corrected chi connectivity index (χ0v) is 14.6. The number of ketones is 1. The van der Waals surface area contributed by atoms with Gasteiger partial charge in [-0.1, -0.05) is 66.2 Å². The van der Waals surface area contributed by atoms with Crippen LogP contribution < -0.4 is 0 Å². The van der Waals surface area contributed by atoms with Crippen LogP contribution in [0.1, 0.15) is 21.5 Å². The van der Waals surface area contributed by atoms with Gasteiger partial charge in [-0.3, -0.25) is 4.79 Å². The highest BCUT2D eigenvalue weighted by molar-refractivity contribution is 6.31. The van der Waals surface area contributed by atoms with Gasteiger partial charge >= 0.3 is 0 Å². The minimum absolute atomic E-state index is 0.0554. The van der Waals surface area contributed by atoms with E-state index in [1.165, 1.54) is 6.07 Å². The van der Waals surface area contributed by atoms with Crippen LogP contribution >= 0.6 is 11.6 Å². The van der Waals surface area contributed by atoms with Gasteiger partial charge < -0.3 is 4.57 Å². The molecule has 4 aromatic rings. The van der Waals surface area contributed by atoms with Gasteiger partial charge in [0.2, 0.25) is 0 Å². The molecular formula is C22H15ClFNO. The molecule has 0 spiro atoms. The lowest BCUT2D eigenvalue weighted by Crippen LogP contribution is -2.03.